The van der Waals surface area contributed by atoms with Gasteiger partial charge in [0, 0.05) is 38.5 Å². The number of piperidine rings is 1. The summed E-state index contributed by atoms with van der Waals surface area (Å²) >= 11 is 1.28. The number of anilines is 1. The third-order valence-electron chi connectivity index (χ3n) is 5.83. The number of nitrogens with one attached hydrogen (secondary N) is 1. The molecule has 0 saturated carbocycles. The minimum absolute atomic E-state index is 0.0257. The molecule has 0 spiro atoms. The highest BCUT2D eigenvalue weighted by atomic mass is 32.1. The molecule has 0 bridgehead atoms. The zero-order valence-electron chi connectivity index (χ0n) is 16.9. The van der Waals surface area contributed by atoms with Crippen molar-refractivity contribution in [3.63, 3.8) is 0 Å². The van der Waals surface area contributed by atoms with Gasteiger partial charge in [0.25, 0.3) is 0 Å². The molecule has 3 amide bonds. The van der Waals surface area contributed by atoms with Gasteiger partial charge in [-0.15, -0.1) is 10.2 Å². The summed E-state index contributed by atoms with van der Waals surface area (Å²) in [5.74, 6) is -0.451. The number of aromatic nitrogens is 2. The summed E-state index contributed by atoms with van der Waals surface area (Å²) in [6.45, 7) is 4.10. The Morgan fingerprint density at radius 3 is 2.57 bits per heavy atom. The Morgan fingerprint density at radius 2 is 1.90 bits per heavy atom. The Balaban J connectivity index is 1.27. The molecular formula is C21H25N5O3S. The molecule has 1 N–H and O–H groups in total. The number of nitrogens with zero attached hydrogens (tertiary/aromatic N) is 4. The molecule has 0 aliphatic carbocycles. The van der Waals surface area contributed by atoms with Crippen LogP contribution >= 0.6 is 11.3 Å². The second-order valence-corrected chi connectivity index (χ2v) is 8.83. The smallest absolute Gasteiger partial charge is 0.229 e. The second kappa shape index (κ2) is 8.91. The predicted molar refractivity (Wildman–Crippen MR) is 113 cm³/mol. The van der Waals surface area contributed by atoms with Gasteiger partial charge in [-0.2, -0.15) is 0 Å². The predicted octanol–water partition coefficient (Wildman–Crippen LogP) is 2.07. The number of amides is 3. The lowest BCUT2D eigenvalue weighted by Crippen LogP contribution is -2.44. The monoisotopic (exact) mass is 427 g/mol. The Bertz CT molecular complexity index is 907. The normalized spacial score (nSPS) is 19.9. The Morgan fingerprint density at radius 1 is 1.17 bits per heavy atom. The summed E-state index contributed by atoms with van der Waals surface area (Å²) < 4.78 is 0. The van der Waals surface area contributed by atoms with Crippen molar-refractivity contribution >= 4 is 34.2 Å². The molecule has 9 heteroatoms. The van der Waals surface area contributed by atoms with Crippen molar-refractivity contribution in [3.8, 4) is 0 Å². The maximum absolute atomic E-state index is 13.0. The number of carbonyl (C=O) groups is 3. The molecule has 1 unspecified atom stereocenters. The van der Waals surface area contributed by atoms with E-state index < -0.39 is 0 Å². The summed E-state index contributed by atoms with van der Waals surface area (Å²) in [4.78, 5) is 41.3. The zero-order valence-corrected chi connectivity index (χ0v) is 17.7. The van der Waals surface area contributed by atoms with Crippen LogP contribution in [0.4, 0.5) is 5.13 Å². The van der Waals surface area contributed by atoms with Gasteiger partial charge in [0.2, 0.25) is 22.9 Å². The molecule has 158 valence electrons. The maximum atomic E-state index is 13.0. The second-order valence-electron chi connectivity index (χ2n) is 7.99. The molecule has 1 aromatic carbocycles. The molecule has 2 aliphatic rings. The molecule has 0 radical (unpaired) electrons. The first-order valence-corrected chi connectivity index (χ1v) is 11.1. The van der Waals surface area contributed by atoms with E-state index >= 15 is 0 Å². The van der Waals surface area contributed by atoms with Crippen molar-refractivity contribution in [1.82, 2.24) is 20.0 Å². The van der Waals surface area contributed by atoms with Crippen molar-refractivity contribution < 1.29 is 14.4 Å². The molecule has 2 aliphatic heterocycles. The average Bonchev–Trinajstić information content (AvgIpc) is 3.39. The van der Waals surface area contributed by atoms with Gasteiger partial charge in [-0.25, -0.2) is 0 Å². The third kappa shape index (κ3) is 4.67. The molecule has 4 rings (SSSR count). The number of hydrogen-bond donors (Lipinski definition) is 1. The summed E-state index contributed by atoms with van der Waals surface area (Å²) in [5.41, 5.74) is 3.83. The van der Waals surface area contributed by atoms with Crippen LogP contribution in [0.25, 0.3) is 0 Å². The number of hydrogen-bond acceptors (Lipinski definition) is 6. The van der Waals surface area contributed by atoms with Crippen molar-refractivity contribution in [3.05, 3.63) is 40.9 Å². The van der Waals surface area contributed by atoms with Crippen LogP contribution in [0.3, 0.4) is 0 Å². The fraction of sp³-hybridized carbons (Fsp3) is 0.476. The van der Waals surface area contributed by atoms with E-state index in [0.717, 1.165) is 5.56 Å². The number of benzene rings is 1. The number of aryl methyl sites for hydroxylation is 1. The van der Waals surface area contributed by atoms with Crippen LogP contribution in [0.15, 0.2) is 29.8 Å². The summed E-state index contributed by atoms with van der Waals surface area (Å²) in [5, 5.41) is 10.8. The van der Waals surface area contributed by atoms with Gasteiger partial charge >= 0.3 is 0 Å². The summed E-state index contributed by atoms with van der Waals surface area (Å²) in [6.07, 6.45) is 1.50. The Kier molecular flexibility index (Phi) is 6.08. The molecule has 30 heavy (non-hydrogen) atoms. The largest absolute Gasteiger partial charge is 0.342 e. The van der Waals surface area contributed by atoms with Crippen LogP contribution in [-0.4, -0.2) is 57.4 Å². The number of carbonyl (C=O) groups excluding carboxylic acids is 3. The summed E-state index contributed by atoms with van der Waals surface area (Å²) in [6, 6.07) is 8.11. The SMILES string of the molecule is Cc1ccc(CN2CC(C(=O)N3CCC(C(=O)Nc4nncs4)CC3)CC2=O)cc1. The molecular weight excluding hydrogens is 402 g/mol. The van der Waals surface area contributed by atoms with Gasteiger partial charge in [0.05, 0.1) is 5.92 Å². The first-order valence-electron chi connectivity index (χ1n) is 10.2. The zero-order chi connectivity index (χ0) is 21.1. The third-order valence-corrected chi connectivity index (χ3v) is 6.43. The highest BCUT2D eigenvalue weighted by Crippen LogP contribution is 2.26. The average molecular weight is 428 g/mol. The van der Waals surface area contributed by atoms with Gasteiger partial charge < -0.3 is 15.1 Å². The van der Waals surface area contributed by atoms with E-state index in [-0.39, 0.29) is 36.0 Å². The number of likely N-dealkylation sites (tertiary alicyclic amines) is 2. The van der Waals surface area contributed by atoms with Crippen molar-refractivity contribution in [1.29, 1.82) is 0 Å². The molecule has 3 heterocycles. The van der Waals surface area contributed by atoms with E-state index in [1.165, 1.54) is 16.9 Å². The lowest BCUT2D eigenvalue weighted by molar-refractivity contribution is -0.138. The fourth-order valence-corrected chi connectivity index (χ4v) is 4.51. The van der Waals surface area contributed by atoms with E-state index in [0.29, 0.717) is 44.2 Å². The van der Waals surface area contributed by atoms with E-state index in [1.54, 1.807) is 10.4 Å². The van der Waals surface area contributed by atoms with Gasteiger partial charge in [-0.05, 0) is 25.3 Å². The van der Waals surface area contributed by atoms with Crippen molar-refractivity contribution in [2.75, 3.05) is 25.0 Å². The standard InChI is InChI=1S/C21H25N5O3S/c1-14-2-4-15(5-3-14)11-26-12-17(10-18(26)27)20(29)25-8-6-16(7-9-25)19(28)23-21-24-22-13-30-21/h2-5,13,16-17H,6-12H2,1H3,(H,23,24,28). The van der Waals surface area contributed by atoms with Crippen LogP contribution in [0, 0.1) is 18.8 Å². The summed E-state index contributed by atoms with van der Waals surface area (Å²) in [7, 11) is 0. The lowest BCUT2D eigenvalue weighted by Gasteiger charge is -2.32. The molecule has 1 aromatic heterocycles. The first-order chi connectivity index (χ1) is 14.5. The van der Waals surface area contributed by atoms with Crippen molar-refractivity contribution in [2.45, 2.75) is 32.7 Å². The molecule has 8 nitrogen and oxygen atoms in total. The van der Waals surface area contributed by atoms with Crippen LogP contribution < -0.4 is 5.32 Å². The van der Waals surface area contributed by atoms with E-state index in [4.69, 9.17) is 0 Å². The van der Waals surface area contributed by atoms with E-state index in [2.05, 4.69) is 15.5 Å². The highest BCUT2D eigenvalue weighted by molar-refractivity contribution is 7.13. The van der Waals surface area contributed by atoms with Gasteiger partial charge in [-0.3, -0.25) is 14.4 Å². The van der Waals surface area contributed by atoms with Crippen LogP contribution in [-0.2, 0) is 20.9 Å². The van der Waals surface area contributed by atoms with E-state index in [1.807, 2.05) is 36.1 Å². The lowest BCUT2D eigenvalue weighted by atomic mass is 9.94. The molecule has 2 saturated heterocycles. The topological polar surface area (TPSA) is 95.5 Å². The molecule has 1 atom stereocenters. The Labute approximate surface area is 179 Å². The Hall–Kier alpha value is -2.81. The molecule has 2 aromatic rings. The van der Waals surface area contributed by atoms with Crippen LogP contribution in [0.5, 0.6) is 0 Å². The van der Waals surface area contributed by atoms with E-state index in [9.17, 15) is 14.4 Å². The van der Waals surface area contributed by atoms with Crippen LogP contribution in [0.1, 0.15) is 30.4 Å². The highest BCUT2D eigenvalue weighted by Gasteiger charge is 2.38. The molecule has 2 fully saturated rings. The van der Waals surface area contributed by atoms with Crippen molar-refractivity contribution in [2.24, 2.45) is 11.8 Å². The number of rotatable bonds is 5. The van der Waals surface area contributed by atoms with Crippen LogP contribution in [0.2, 0.25) is 0 Å². The van der Waals surface area contributed by atoms with Gasteiger partial charge in [-0.1, -0.05) is 41.2 Å². The van der Waals surface area contributed by atoms with Gasteiger partial charge in [0.1, 0.15) is 5.51 Å². The minimum atomic E-state index is -0.297. The minimum Gasteiger partial charge on any atom is -0.342 e. The fourth-order valence-electron chi connectivity index (χ4n) is 4.06. The first kappa shape index (κ1) is 20.5. The van der Waals surface area contributed by atoms with Gasteiger partial charge in [0.15, 0.2) is 0 Å². The maximum Gasteiger partial charge on any atom is 0.229 e. The quantitative estimate of drug-likeness (QED) is 0.788.